The minimum atomic E-state index is 0.140. The van der Waals surface area contributed by atoms with Crippen molar-refractivity contribution >= 4 is 17.7 Å². The minimum Gasteiger partial charge on any atom is -0.353 e. The van der Waals surface area contributed by atoms with Gasteiger partial charge in [0.1, 0.15) is 0 Å². The quantitative estimate of drug-likeness (QED) is 0.817. The van der Waals surface area contributed by atoms with Crippen molar-refractivity contribution in [2.24, 2.45) is 0 Å². The highest BCUT2D eigenvalue weighted by Gasteiger charge is 2.23. The van der Waals surface area contributed by atoms with Crippen LogP contribution in [-0.2, 0) is 11.2 Å². The predicted octanol–water partition coefficient (Wildman–Crippen LogP) is 3.02. The van der Waals surface area contributed by atoms with Crippen LogP contribution in [0.1, 0.15) is 37.7 Å². The highest BCUT2D eigenvalue weighted by molar-refractivity contribution is 7.99. The lowest BCUT2D eigenvalue weighted by molar-refractivity contribution is -0.121. The van der Waals surface area contributed by atoms with Crippen molar-refractivity contribution in [3.63, 3.8) is 0 Å². The van der Waals surface area contributed by atoms with Crippen LogP contribution >= 0.6 is 11.8 Å². The molecule has 2 heterocycles. The topological polar surface area (TPSA) is 67.8 Å². The van der Waals surface area contributed by atoms with Gasteiger partial charge in [0.05, 0.1) is 0 Å². The number of pyridine rings is 1. The van der Waals surface area contributed by atoms with Crippen molar-refractivity contribution in [3.05, 3.63) is 48.5 Å². The minimum absolute atomic E-state index is 0.140. The summed E-state index contributed by atoms with van der Waals surface area (Å²) in [5.41, 5.74) is 1.11. The molecule has 5 nitrogen and oxygen atoms in total. The van der Waals surface area contributed by atoms with Gasteiger partial charge >= 0.3 is 0 Å². The number of nitrogens with zero attached hydrogens (tertiary/aromatic N) is 3. The van der Waals surface area contributed by atoms with Crippen LogP contribution in [0.3, 0.4) is 0 Å². The Balaban J connectivity index is 1.36. The smallest absolute Gasteiger partial charge is 0.220 e. The van der Waals surface area contributed by atoms with Gasteiger partial charge in [0.25, 0.3) is 0 Å². The van der Waals surface area contributed by atoms with E-state index in [0.29, 0.717) is 17.7 Å². The number of aryl methyl sites for hydroxylation is 1. The Bertz CT molecular complexity index is 630. The van der Waals surface area contributed by atoms with Crippen molar-refractivity contribution < 1.29 is 4.79 Å². The summed E-state index contributed by atoms with van der Waals surface area (Å²) in [6, 6.07) is 6.05. The van der Waals surface area contributed by atoms with Crippen LogP contribution < -0.4 is 5.32 Å². The molecular formula is C18H22N4OS. The molecule has 1 aliphatic carbocycles. The predicted molar refractivity (Wildman–Crippen MR) is 94.6 cm³/mol. The summed E-state index contributed by atoms with van der Waals surface area (Å²) in [6.07, 6.45) is 12.7. The van der Waals surface area contributed by atoms with E-state index in [2.05, 4.69) is 20.3 Å². The zero-order valence-corrected chi connectivity index (χ0v) is 14.4. The Morgan fingerprint density at radius 3 is 2.62 bits per heavy atom. The van der Waals surface area contributed by atoms with Gasteiger partial charge in [-0.05, 0) is 49.8 Å². The van der Waals surface area contributed by atoms with Crippen molar-refractivity contribution in [2.75, 3.05) is 0 Å². The second-order valence-electron chi connectivity index (χ2n) is 6.05. The number of carbonyl (C=O) groups excluding carboxylic acids is 1. The van der Waals surface area contributed by atoms with Gasteiger partial charge in [-0.3, -0.25) is 9.78 Å². The third kappa shape index (κ3) is 5.30. The van der Waals surface area contributed by atoms with Gasteiger partial charge in [-0.2, -0.15) is 0 Å². The number of thioether (sulfide) groups is 1. The Kier molecular flexibility index (Phi) is 6.18. The van der Waals surface area contributed by atoms with Gasteiger partial charge in [0, 0.05) is 42.5 Å². The highest BCUT2D eigenvalue weighted by atomic mass is 32.2. The van der Waals surface area contributed by atoms with Crippen LogP contribution in [0.25, 0.3) is 0 Å². The Morgan fingerprint density at radius 2 is 1.92 bits per heavy atom. The van der Waals surface area contributed by atoms with E-state index in [1.807, 2.05) is 24.4 Å². The van der Waals surface area contributed by atoms with E-state index in [9.17, 15) is 4.79 Å². The van der Waals surface area contributed by atoms with Gasteiger partial charge in [-0.25, -0.2) is 9.97 Å². The summed E-state index contributed by atoms with van der Waals surface area (Å²) >= 11 is 1.75. The molecule has 1 N–H and O–H groups in total. The monoisotopic (exact) mass is 342 g/mol. The summed E-state index contributed by atoms with van der Waals surface area (Å²) in [6.45, 7) is 0. The van der Waals surface area contributed by atoms with Crippen molar-refractivity contribution in [2.45, 2.75) is 55.0 Å². The number of nitrogens with one attached hydrogen (secondary N) is 1. The van der Waals surface area contributed by atoms with Crippen LogP contribution in [0, 0.1) is 0 Å². The highest BCUT2D eigenvalue weighted by Crippen LogP contribution is 2.31. The number of hydrogen-bond acceptors (Lipinski definition) is 5. The maximum Gasteiger partial charge on any atom is 0.220 e. The standard InChI is InChI=1S/C18H22N4OS/c23-17(9-4-14-3-1-10-19-13-14)22-15-5-7-16(8-6-15)24-18-20-11-2-12-21-18/h1-3,10-13,15-16H,4-9H2,(H,22,23). The number of amides is 1. The first-order chi connectivity index (χ1) is 11.8. The number of hydrogen-bond donors (Lipinski definition) is 1. The average molecular weight is 342 g/mol. The fraction of sp³-hybridized carbons (Fsp3) is 0.444. The molecule has 0 saturated heterocycles. The van der Waals surface area contributed by atoms with Crippen LogP contribution in [-0.4, -0.2) is 32.2 Å². The van der Waals surface area contributed by atoms with Crippen molar-refractivity contribution in [1.29, 1.82) is 0 Å². The van der Waals surface area contributed by atoms with Crippen LogP contribution in [0.15, 0.2) is 48.1 Å². The first-order valence-electron chi connectivity index (χ1n) is 8.41. The molecule has 0 radical (unpaired) electrons. The van der Waals surface area contributed by atoms with E-state index in [1.165, 1.54) is 0 Å². The van der Waals surface area contributed by atoms with E-state index in [0.717, 1.165) is 42.8 Å². The fourth-order valence-electron chi connectivity index (χ4n) is 2.92. The lowest BCUT2D eigenvalue weighted by Gasteiger charge is -2.28. The van der Waals surface area contributed by atoms with Crippen LogP contribution in [0.5, 0.6) is 0 Å². The zero-order valence-electron chi connectivity index (χ0n) is 13.6. The van der Waals surface area contributed by atoms with Gasteiger partial charge in [0.15, 0.2) is 5.16 Å². The summed E-state index contributed by atoms with van der Waals surface area (Å²) in [7, 11) is 0. The zero-order chi connectivity index (χ0) is 16.6. The molecule has 2 aromatic heterocycles. The number of aromatic nitrogens is 3. The molecular weight excluding hydrogens is 320 g/mol. The maximum atomic E-state index is 12.1. The largest absolute Gasteiger partial charge is 0.353 e. The molecule has 3 rings (SSSR count). The normalized spacial score (nSPS) is 20.5. The average Bonchev–Trinajstić information content (AvgIpc) is 2.63. The van der Waals surface area contributed by atoms with Crippen LogP contribution in [0.2, 0.25) is 0 Å². The first-order valence-corrected chi connectivity index (χ1v) is 9.29. The molecule has 1 fully saturated rings. The van der Waals surface area contributed by atoms with Gasteiger partial charge in [-0.15, -0.1) is 0 Å². The van der Waals surface area contributed by atoms with E-state index < -0.39 is 0 Å². The molecule has 0 unspecified atom stereocenters. The number of carbonyl (C=O) groups is 1. The van der Waals surface area contributed by atoms with Crippen molar-refractivity contribution in [1.82, 2.24) is 20.3 Å². The number of rotatable bonds is 6. The maximum absolute atomic E-state index is 12.1. The first kappa shape index (κ1) is 16.9. The molecule has 6 heteroatoms. The molecule has 0 spiro atoms. The molecule has 1 amide bonds. The summed E-state index contributed by atoms with van der Waals surface area (Å²) in [5.74, 6) is 0.140. The second kappa shape index (κ2) is 8.78. The molecule has 0 aromatic carbocycles. The van der Waals surface area contributed by atoms with Gasteiger partial charge < -0.3 is 5.32 Å². The second-order valence-corrected chi connectivity index (χ2v) is 7.32. The van der Waals surface area contributed by atoms with E-state index >= 15 is 0 Å². The Morgan fingerprint density at radius 1 is 1.12 bits per heavy atom. The van der Waals surface area contributed by atoms with Crippen molar-refractivity contribution in [3.8, 4) is 0 Å². The molecule has 0 atom stereocenters. The van der Waals surface area contributed by atoms with Gasteiger partial charge in [0.2, 0.25) is 5.91 Å². The molecule has 0 bridgehead atoms. The molecule has 2 aromatic rings. The third-order valence-corrected chi connectivity index (χ3v) is 5.44. The summed E-state index contributed by atoms with van der Waals surface area (Å²) < 4.78 is 0. The lowest BCUT2D eigenvalue weighted by atomic mass is 9.95. The van der Waals surface area contributed by atoms with E-state index in [-0.39, 0.29) is 5.91 Å². The van der Waals surface area contributed by atoms with Crippen LogP contribution in [0.4, 0.5) is 0 Å². The lowest BCUT2D eigenvalue weighted by Crippen LogP contribution is -2.38. The SMILES string of the molecule is O=C(CCc1cccnc1)NC1CCC(Sc2ncccn2)CC1. The Hall–Kier alpha value is -1.95. The molecule has 24 heavy (non-hydrogen) atoms. The van der Waals surface area contributed by atoms with Gasteiger partial charge in [-0.1, -0.05) is 17.8 Å². The third-order valence-electron chi connectivity index (χ3n) is 4.22. The van der Waals surface area contributed by atoms with E-state index in [1.54, 1.807) is 30.4 Å². The van der Waals surface area contributed by atoms with E-state index in [4.69, 9.17) is 0 Å². The molecule has 1 aliphatic rings. The molecule has 0 aliphatic heterocycles. The summed E-state index contributed by atoms with van der Waals surface area (Å²) in [5, 5.41) is 4.57. The Labute approximate surface area is 146 Å². The fourth-order valence-corrected chi connectivity index (χ4v) is 3.97. The molecule has 126 valence electrons. The summed E-state index contributed by atoms with van der Waals surface area (Å²) in [4.78, 5) is 24.7. The molecule has 1 saturated carbocycles.